The molecule has 1 aromatic rings. The quantitative estimate of drug-likeness (QED) is 0.884. The Morgan fingerprint density at radius 1 is 1.35 bits per heavy atom. The zero-order chi connectivity index (χ0) is 14.5. The molecule has 0 unspecified atom stereocenters. The second-order valence-electron chi connectivity index (χ2n) is 5.61. The molecule has 1 amide bonds. The van der Waals surface area contributed by atoms with E-state index in [-0.39, 0.29) is 17.4 Å². The third-order valence-electron chi connectivity index (χ3n) is 4.10. The van der Waals surface area contributed by atoms with Gasteiger partial charge in [0.1, 0.15) is 17.1 Å². The maximum atomic E-state index is 13.6. The van der Waals surface area contributed by atoms with Gasteiger partial charge in [-0.15, -0.1) is 0 Å². The highest BCUT2D eigenvalue weighted by Crippen LogP contribution is 2.28. The molecule has 1 aliphatic rings. The van der Waals surface area contributed by atoms with Crippen molar-refractivity contribution < 1.29 is 14.3 Å². The molecule has 3 nitrogen and oxygen atoms in total. The molecule has 0 radical (unpaired) electrons. The first kappa shape index (κ1) is 14.8. The van der Waals surface area contributed by atoms with E-state index < -0.39 is 11.7 Å². The number of amides is 1. The molecule has 0 atom stereocenters. The maximum absolute atomic E-state index is 13.6. The summed E-state index contributed by atoms with van der Waals surface area (Å²) in [6.07, 6.45) is 6.54. The van der Waals surface area contributed by atoms with Crippen molar-refractivity contribution in [3.8, 4) is 5.75 Å². The molecule has 1 aliphatic carbocycles. The molecule has 2 N–H and O–H groups in total. The van der Waals surface area contributed by atoms with Gasteiger partial charge in [-0.25, -0.2) is 4.39 Å². The van der Waals surface area contributed by atoms with Crippen LogP contribution in [-0.4, -0.2) is 17.1 Å². The lowest BCUT2D eigenvalue weighted by atomic mass is 9.83. The van der Waals surface area contributed by atoms with Crippen LogP contribution in [0.25, 0.3) is 0 Å². The SMILES string of the molecule is CCCC1CCC(NC(=O)c2c(O)cccc2F)CC1. The minimum atomic E-state index is -0.679. The molecule has 1 saturated carbocycles. The molecule has 0 spiro atoms. The number of carbonyl (C=O) groups is 1. The lowest BCUT2D eigenvalue weighted by molar-refractivity contribution is 0.0914. The second kappa shape index (κ2) is 6.73. The monoisotopic (exact) mass is 279 g/mol. The molecular formula is C16H22FNO2. The maximum Gasteiger partial charge on any atom is 0.258 e. The number of hydrogen-bond acceptors (Lipinski definition) is 2. The molecule has 0 saturated heterocycles. The summed E-state index contributed by atoms with van der Waals surface area (Å²) in [4.78, 5) is 12.1. The average Bonchev–Trinajstić information content (AvgIpc) is 2.41. The fourth-order valence-corrected chi connectivity index (χ4v) is 3.00. The summed E-state index contributed by atoms with van der Waals surface area (Å²) in [5.41, 5.74) is -0.247. The molecule has 0 heterocycles. The highest BCUT2D eigenvalue weighted by molar-refractivity contribution is 5.97. The third-order valence-corrected chi connectivity index (χ3v) is 4.10. The van der Waals surface area contributed by atoms with Crippen LogP contribution >= 0.6 is 0 Å². The van der Waals surface area contributed by atoms with E-state index >= 15 is 0 Å². The summed E-state index contributed by atoms with van der Waals surface area (Å²) in [6.45, 7) is 2.19. The number of rotatable bonds is 4. The molecule has 2 rings (SSSR count). The van der Waals surface area contributed by atoms with Crippen molar-refractivity contribution in [1.29, 1.82) is 0 Å². The van der Waals surface area contributed by atoms with Crippen LogP contribution in [-0.2, 0) is 0 Å². The van der Waals surface area contributed by atoms with E-state index in [1.54, 1.807) is 0 Å². The van der Waals surface area contributed by atoms with E-state index in [1.165, 1.54) is 31.0 Å². The molecule has 0 bridgehead atoms. The Kier molecular flexibility index (Phi) is 4.99. The molecule has 110 valence electrons. The number of phenols is 1. The van der Waals surface area contributed by atoms with Crippen LogP contribution < -0.4 is 5.32 Å². The molecule has 4 heteroatoms. The summed E-state index contributed by atoms with van der Waals surface area (Å²) in [5.74, 6) is -0.737. The molecule has 0 aromatic heterocycles. The van der Waals surface area contributed by atoms with Gasteiger partial charge >= 0.3 is 0 Å². The van der Waals surface area contributed by atoms with Gasteiger partial charge in [-0.1, -0.05) is 25.8 Å². The summed E-state index contributed by atoms with van der Waals surface area (Å²) in [5, 5.41) is 12.4. The van der Waals surface area contributed by atoms with E-state index in [0.717, 1.165) is 31.6 Å². The minimum Gasteiger partial charge on any atom is -0.507 e. The first-order valence-corrected chi connectivity index (χ1v) is 7.40. The standard InChI is InChI=1S/C16H22FNO2/c1-2-4-11-7-9-12(10-8-11)18-16(20)15-13(17)5-3-6-14(15)19/h3,5-6,11-12,19H,2,4,7-10H2,1H3,(H,18,20). The summed E-state index contributed by atoms with van der Waals surface area (Å²) in [6, 6.07) is 4.00. The van der Waals surface area contributed by atoms with Gasteiger partial charge < -0.3 is 10.4 Å². The third kappa shape index (κ3) is 3.50. The van der Waals surface area contributed by atoms with Gasteiger partial charge in [0.15, 0.2) is 0 Å². The van der Waals surface area contributed by atoms with Crippen LogP contribution in [0.4, 0.5) is 4.39 Å². The summed E-state index contributed by atoms with van der Waals surface area (Å²) >= 11 is 0. The van der Waals surface area contributed by atoms with Crippen LogP contribution in [0.15, 0.2) is 18.2 Å². The second-order valence-corrected chi connectivity index (χ2v) is 5.61. The predicted molar refractivity (Wildman–Crippen MR) is 76.2 cm³/mol. The first-order chi connectivity index (χ1) is 9.61. The lowest BCUT2D eigenvalue weighted by Crippen LogP contribution is -2.38. The van der Waals surface area contributed by atoms with Gasteiger partial charge in [-0.3, -0.25) is 4.79 Å². The van der Waals surface area contributed by atoms with E-state index in [4.69, 9.17) is 0 Å². The highest BCUT2D eigenvalue weighted by atomic mass is 19.1. The normalized spacial score (nSPS) is 22.5. The summed E-state index contributed by atoms with van der Waals surface area (Å²) < 4.78 is 13.6. The average molecular weight is 279 g/mol. The van der Waals surface area contributed by atoms with Crippen LogP contribution in [0.3, 0.4) is 0 Å². The fraction of sp³-hybridized carbons (Fsp3) is 0.562. The number of nitrogens with one attached hydrogen (secondary N) is 1. The van der Waals surface area contributed by atoms with Gasteiger partial charge in [0.05, 0.1) is 0 Å². The topological polar surface area (TPSA) is 49.3 Å². The summed E-state index contributed by atoms with van der Waals surface area (Å²) in [7, 11) is 0. The van der Waals surface area contributed by atoms with E-state index in [1.807, 2.05) is 0 Å². The Bertz CT molecular complexity index is 447. The van der Waals surface area contributed by atoms with Crippen molar-refractivity contribution in [1.82, 2.24) is 5.32 Å². The van der Waals surface area contributed by atoms with E-state index in [0.29, 0.717) is 0 Å². The highest BCUT2D eigenvalue weighted by Gasteiger charge is 2.24. The fourth-order valence-electron chi connectivity index (χ4n) is 3.00. The van der Waals surface area contributed by atoms with Gasteiger partial charge in [0.25, 0.3) is 5.91 Å². The molecule has 1 fully saturated rings. The minimum absolute atomic E-state index is 0.0922. The smallest absolute Gasteiger partial charge is 0.258 e. The van der Waals surface area contributed by atoms with Crippen molar-refractivity contribution in [2.75, 3.05) is 0 Å². The number of benzene rings is 1. The number of halogens is 1. The van der Waals surface area contributed by atoms with Crippen molar-refractivity contribution in [2.45, 2.75) is 51.5 Å². The predicted octanol–water partition coefficient (Wildman–Crippen LogP) is 3.62. The largest absolute Gasteiger partial charge is 0.507 e. The van der Waals surface area contributed by atoms with Crippen molar-refractivity contribution in [2.24, 2.45) is 5.92 Å². The Balaban J connectivity index is 1.93. The van der Waals surface area contributed by atoms with Gasteiger partial charge in [-0.05, 0) is 43.7 Å². The number of carbonyl (C=O) groups excluding carboxylic acids is 1. The van der Waals surface area contributed by atoms with Crippen molar-refractivity contribution >= 4 is 5.91 Å². The number of hydrogen-bond donors (Lipinski definition) is 2. The van der Waals surface area contributed by atoms with Gasteiger partial charge in [0, 0.05) is 6.04 Å². The number of aromatic hydroxyl groups is 1. The zero-order valence-corrected chi connectivity index (χ0v) is 11.9. The Labute approximate surface area is 119 Å². The van der Waals surface area contributed by atoms with Gasteiger partial charge in [-0.2, -0.15) is 0 Å². The molecule has 0 aliphatic heterocycles. The van der Waals surface area contributed by atoms with Crippen LogP contribution in [0.5, 0.6) is 5.75 Å². The Morgan fingerprint density at radius 2 is 2.05 bits per heavy atom. The van der Waals surface area contributed by atoms with Crippen molar-refractivity contribution in [3.05, 3.63) is 29.6 Å². The molecule has 1 aromatic carbocycles. The van der Waals surface area contributed by atoms with Crippen LogP contribution in [0.2, 0.25) is 0 Å². The molecule has 20 heavy (non-hydrogen) atoms. The Morgan fingerprint density at radius 3 is 2.65 bits per heavy atom. The number of phenolic OH excluding ortho intramolecular Hbond substituents is 1. The zero-order valence-electron chi connectivity index (χ0n) is 11.9. The van der Waals surface area contributed by atoms with Gasteiger partial charge in [0.2, 0.25) is 0 Å². The molecular weight excluding hydrogens is 257 g/mol. The van der Waals surface area contributed by atoms with Crippen LogP contribution in [0, 0.1) is 11.7 Å². The van der Waals surface area contributed by atoms with E-state index in [2.05, 4.69) is 12.2 Å². The van der Waals surface area contributed by atoms with Crippen LogP contribution in [0.1, 0.15) is 55.8 Å². The lowest BCUT2D eigenvalue weighted by Gasteiger charge is -2.29. The van der Waals surface area contributed by atoms with Crippen molar-refractivity contribution in [3.63, 3.8) is 0 Å². The Hall–Kier alpha value is -1.58. The first-order valence-electron chi connectivity index (χ1n) is 7.40. The van der Waals surface area contributed by atoms with E-state index in [9.17, 15) is 14.3 Å².